The second-order valence-electron chi connectivity index (χ2n) is 7.18. The lowest BCUT2D eigenvalue weighted by Gasteiger charge is -2.08. The number of nitrogens with zero attached hydrogens (tertiary/aromatic N) is 1. The molecule has 1 N–H and O–H groups in total. The fourth-order valence-electron chi connectivity index (χ4n) is 3.21. The van der Waals surface area contributed by atoms with Crippen LogP contribution in [-0.2, 0) is 0 Å². The van der Waals surface area contributed by atoms with Crippen LogP contribution in [0.1, 0.15) is 42.1 Å². The van der Waals surface area contributed by atoms with Gasteiger partial charge in [-0.15, -0.1) is 0 Å². The molecule has 0 aliphatic carbocycles. The average Bonchev–Trinajstić information content (AvgIpc) is 3.17. The second kappa shape index (κ2) is 8.78. The minimum absolute atomic E-state index is 0.177. The molecule has 0 aliphatic rings. The van der Waals surface area contributed by atoms with E-state index in [2.05, 4.69) is 58.9 Å². The molecule has 30 heavy (non-hydrogen) atoms. The van der Waals surface area contributed by atoms with Gasteiger partial charge < -0.3 is 9.73 Å². The van der Waals surface area contributed by atoms with E-state index in [4.69, 9.17) is 16.0 Å². The van der Waals surface area contributed by atoms with E-state index in [-0.39, 0.29) is 5.91 Å². The van der Waals surface area contributed by atoms with E-state index >= 15 is 0 Å². The molecular weight excluding hydrogens is 511 g/mol. The van der Waals surface area contributed by atoms with Crippen LogP contribution in [0.15, 0.2) is 65.1 Å². The minimum Gasteiger partial charge on any atom is -0.436 e. The van der Waals surface area contributed by atoms with Gasteiger partial charge in [0.15, 0.2) is 5.58 Å². The van der Waals surface area contributed by atoms with Crippen LogP contribution in [0.2, 0.25) is 5.02 Å². The topological polar surface area (TPSA) is 55.1 Å². The molecule has 0 saturated carbocycles. The van der Waals surface area contributed by atoms with Gasteiger partial charge in [-0.25, -0.2) is 4.98 Å². The number of carbonyl (C=O) groups is 1. The monoisotopic (exact) mass is 530 g/mol. The lowest BCUT2D eigenvalue weighted by atomic mass is 9.98. The van der Waals surface area contributed by atoms with Crippen molar-refractivity contribution in [3.8, 4) is 11.5 Å². The van der Waals surface area contributed by atoms with Crippen LogP contribution >= 0.6 is 34.2 Å². The number of carbonyl (C=O) groups excluding carboxylic acids is 1. The fraction of sp³-hybridized carbons (Fsp3) is 0.167. The van der Waals surface area contributed by atoms with E-state index in [1.165, 1.54) is 5.56 Å². The number of aromatic nitrogens is 1. The van der Waals surface area contributed by atoms with E-state index in [0.717, 1.165) is 15.5 Å². The highest BCUT2D eigenvalue weighted by Gasteiger charge is 2.16. The maximum Gasteiger partial charge on any atom is 0.256 e. The molecule has 0 unspecified atom stereocenters. The fourth-order valence-corrected chi connectivity index (χ4v) is 4.04. The van der Waals surface area contributed by atoms with Crippen molar-refractivity contribution in [3.05, 3.63) is 80.4 Å². The van der Waals surface area contributed by atoms with E-state index in [0.29, 0.717) is 39.2 Å². The molecule has 0 radical (unpaired) electrons. The van der Waals surface area contributed by atoms with E-state index in [1.807, 2.05) is 24.3 Å². The Labute approximate surface area is 193 Å². The zero-order valence-corrected chi connectivity index (χ0v) is 19.5. The van der Waals surface area contributed by atoms with Crippen LogP contribution in [0.4, 0.5) is 5.69 Å². The highest BCUT2D eigenvalue weighted by Crippen LogP contribution is 2.33. The number of nitrogens with one attached hydrogen (secondary N) is 1. The van der Waals surface area contributed by atoms with Gasteiger partial charge in [0.1, 0.15) is 5.52 Å². The van der Waals surface area contributed by atoms with Crippen molar-refractivity contribution in [2.75, 3.05) is 5.32 Å². The van der Waals surface area contributed by atoms with Gasteiger partial charge in [0.05, 0.1) is 16.1 Å². The Morgan fingerprint density at radius 1 is 1.17 bits per heavy atom. The Hall–Kier alpha value is -2.38. The molecule has 1 amide bonds. The molecule has 1 heterocycles. The Kier molecular flexibility index (Phi) is 6.11. The highest BCUT2D eigenvalue weighted by molar-refractivity contribution is 14.1. The summed E-state index contributed by atoms with van der Waals surface area (Å²) >= 11 is 8.58. The van der Waals surface area contributed by atoms with Gasteiger partial charge in [0.2, 0.25) is 5.89 Å². The molecular formula is C24H20ClIN2O2. The predicted octanol–water partition coefficient (Wildman–Crippen LogP) is 7.52. The third kappa shape index (κ3) is 4.23. The number of halogens is 2. The van der Waals surface area contributed by atoms with E-state index in [1.54, 1.807) is 24.3 Å². The molecule has 0 bridgehead atoms. The lowest BCUT2D eigenvalue weighted by molar-refractivity contribution is 0.102. The first-order valence-electron chi connectivity index (χ1n) is 9.72. The molecule has 4 aromatic rings. The van der Waals surface area contributed by atoms with Crippen LogP contribution in [0.3, 0.4) is 0 Å². The van der Waals surface area contributed by atoms with Crippen LogP contribution in [0.25, 0.3) is 22.6 Å². The molecule has 1 atom stereocenters. The first-order chi connectivity index (χ1) is 14.5. The first-order valence-corrected chi connectivity index (χ1v) is 11.2. The number of oxazole rings is 1. The standard InChI is InChI=1S/C24H20ClIN2O2/c1-3-14(2)15-8-11-22-21(12-15)28-24(30-22)18-13-16(9-10-19(18)25)27-23(29)17-6-4-5-7-20(17)26/h4-14H,3H2,1-2H3,(H,27,29)/t14-/m0/s1. The first kappa shape index (κ1) is 20.9. The van der Waals surface area contributed by atoms with Crippen molar-refractivity contribution >= 4 is 56.9 Å². The maximum atomic E-state index is 12.7. The summed E-state index contributed by atoms with van der Waals surface area (Å²) in [6.45, 7) is 4.36. The summed E-state index contributed by atoms with van der Waals surface area (Å²) in [5.74, 6) is 0.711. The van der Waals surface area contributed by atoms with Crippen LogP contribution in [0.5, 0.6) is 0 Å². The van der Waals surface area contributed by atoms with Gasteiger partial charge in [0, 0.05) is 9.26 Å². The molecule has 4 nitrogen and oxygen atoms in total. The van der Waals surface area contributed by atoms with Gasteiger partial charge in [-0.2, -0.15) is 0 Å². The van der Waals surface area contributed by atoms with Gasteiger partial charge in [0.25, 0.3) is 5.91 Å². The Bertz CT molecular complexity index is 1240. The molecule has 0 fully saturated rings. The Morgan fingerprint density at radius 3 is 2.73 bits per heavy atom. The van der Waals surface area contributed by atoms with Crippen molar-refractivity contribution < 1.29 is 9.21 Å². The summed E-state index contributed by atoms with van der Waals surface area (Å²) in [6.07, 6.45) is 1.06. The third-order valence-corrected chi connectivity index (χ3v) is 6.44. The summed E-state index contributed by atoms with van der Waals surface area (Å²) in [5.41, 5.74) is 4.62. The number of rotatable bonds is 5. The quantitative estimate of drug-likeness (QED) is 0.272. The number of fused-ring (bicyclic) bond motifs is 1. The van der Waals surface area contributed by atoms with E-state index < -0.39 is 0 Å². The highest BCUT2D eigenvalue weighted by atomic mass is 127. The summed E-state index contributed by atoms with van der Waals surface area (Å²) < 4.78 is 6.84. The number of hydrogen-bond acceptors (Lipinski definition) is 3. The Balaban J connectivity index is 1.66. The Morgan fingerprint density at radius 2 is 1.97 bits per heavy atom. The van der Waals surface area contributed by atoms with Gasteiger partial charge in [-0.05, 0) is 83.0 Å². The van der Waals surface area contributed by atoms with Crippen molar-refractivity contribution in [1.82, 2.24) is 4.98 Å². The number of anilines is 1. The zero-order valence-electron chi connectivity index (χ0n) is 16.6. The van der Waals surface area contributed by atoms with Crippen LogP contribution in [0, 0.1) is 3.57 Å². The lowest BCUT2D eigenvalue weighted by Crippen LogP contribution is -2.13. The van der Waals surface area contributed by atoms with Crippen molar-refractivity contribution in [2.24, 2.45) is 0 Å². The van der Waals surface area contributed by atoms with Gasteiger partial charge >= 0.3 is 0 Å². The SMILES string of the molecule is CC[C@H](C)c1ccc2oc(-c3cc(NC(=O)c4ccccc4I)ccc3Cl)nc2c1. The average molecular weight is 531 g/mol. The molecule has 1 aromatic heterocycles. The summed E-state index contributed by atoms with van der Waals surface area (Å²) in [4.78, 5) is 17.3. The van der Waals surface area contributed by atoms with Crippen LogP contribution in [-0.4, -0.2) is 10.9 Å². The van der Waals surface area contributed by atoms with Crippen LogP contribution < -0.4 is 5.32 Å². The van der Waals surface area contributed by atoms with Crippen molar-refractivity contribution in [3.63, 3.8) is 0 Å². The maximum absolute atomic E-state index is 12.7. The van der Waals surface area contributed by atoms with E-state index in [9.17, 15) is 4.79 Å². The molecule has 0 saturated heterocycles. The molecule has 3 aromatic carbocycles. The predicted molar refractivity (Wildman–Crippen MR) is 130 cm³/mol. The number of benzene rings is 3. The van der Waals surface area contributed by atoms with Gasteiger partial charge in [-0.3, -0.25) is 4.79 Å². The number of amides is 1. The molecule has 0 spiro atoms. The zero-order chi connectivity index (χ0) is 21.3. The molecule has 6 heteroatoms. The number of hydrogen-bond donors (Lipinski definition) is 1. The second-order valence-corrected chi connectivity index (χ2v) is 8.75. The van der Waals surface area contributed by atoms with Crippen molar-refractivity contribution in [1.29, 1.82) is 0 Å². The molecule has 152 valence electrons. The summed E-state index contributed by atoms with van der Waals surface area (Å²) in [5, 5.41) is 3.44. The smallest absolute Gasteiger partial charge is 0.256 e. The van der Waals surface area contributed by atoms with Crippen molar-refractivity contribution in [2.45, 2.75) is 26.2 Å². The molecule has 4 rings (SSSR count). The molecule has 0 aliphatic heterocycles. The third-order valence-electron chi connectivity index (χ3n) is 5.17. The van der Waals surface area contributed by atoms with Gasteiger partial charge in [-0.1, -0.05) is 43.6 Å². The summed E-state index contributed by atoms with van der Waals surface area (Å²) in [7, 11) is 0. The minimum atomic E-state index is -0.177. The summed E-state index contributed by atoms with van der Waals surface area (Å²) in [6, 6.07) is 18.8. The largest absolute Gasteiger partial charge is 0.436 e. The normalized spacial score (nSPS) is 12.1.